The molecule has 34 heavy (non-hydrogen) atoms. The zero-order valence-electron chi connectivity index (χ0n) is 19.2. The Balaban J connectivity index is 2.03. The first-order chi connectivity index (χ1) is 15.8. The van der Waals surface area contributed by atoms with E-state index in [1.165, 1.54) is 44.4 Å². The van der Waals surface area contributed by atoms with Crippen molar-refractivity contribution in [2.45, 2.75) is 24.3 Å². The molecular formula is C21H27ClFN3O6S2. The van der Waals surface area contributed by atoms with Gasteiger partial charge in [0.05, 0.1) is 28.4 Å². The molecule has 1 N–H and O–H groups in total. The predicted molar refractivity (Wildman–Crippen MR) is 129 cm³/mol. The summed E-state index contributed by atoms with van der Waals surface area (Å²) in [5, 5.41) is 2.36. The molecule has 0 radical (unpaired) electrons. The molecule has 9 nitrogen and oxygen atoms in total. The summed E-state index contributed by atoms with van der Waals surface area (Å²) in [4.78, 5) is 12.9. The molecule has 0 saturated carbocycles. The fraction of sp³-hybridized carbons (Fsp3) is 0.381. The molecule has 0 aliphatic heterocycles. The number of benzene rings is 2. The Labute approximate surface area is 204 Å². The first kappa shape index (κ1) is 27.8. The second-order valence-electron chi connectivity index (χ2n) is 7.48. The van der Waals surface area contributed by atoms with Gasteiger partial charge in [0.15, 0.2) is 0 Å². The highest BCUT2D eigenvalue weighted by Gasteiger charge is 2.31. The van der Waals surface area contributed by atoms with Gasteiger partial charge in [-0.2, -0.15) is 0 Å². The van der Waals surface area contributed by atoms with Crippen LogP contribution in [-0.2, 0) is 24.8 Å². The van der Waals surface area contributed by atoms with E-state index < -0.39 is 37.8 Å². The summed E-state index contributed by atoms with van der Waals surface area (Å²) in [6.07, 6.45) is 1.10. The van der Waals surface area contributed by atoms with Crippen LogP contribution in [0.4, 0.5) is 10.1 Å². The molecule has 1 amide bonds. The number of nitrogens with zero attached hydrogens (tertiary/aromatic N) is 2. The van der Waals surface area contributed by atoms with Crippen LogP contribution in [0.3, 0.4) is 0 Å². The number of halogens is 2. The van der Waals surface area contributed by atoms with Crippen molar-refractivity contribution in [3.05, 3.63) is 53.3 Å². The van der Waals surface area contributed by atoms with Gasteiger partial charge in [0.25, 0.3) is 0 Å². The second-order valence-corrected chi connectivity index (χ2v) is 11.9. The Hall–Kier alpha value is -2.41. The number of nitrogens with one attached hydrogen (secondary N) is 1. The van der Waals surface area contributed by atoms with Crippen molar-refractivity contribution in [1.29, 1.82) is 0 Å². The second kappa shape index (κ2) is 11.3. The lowest BCUT2D eigenvalue weighted by Crippen LogP contribution is -2.50. The van der Waals surface area contributed by atoms with Crippen LogP contribution < -0.4 is 14.4 Å². The quantitative estimate of drug-likeness (QED) is 0.442. The van der Waals surface area contributed by atoms with E-state index in [4.69, 9.17) is 16.3 Å². The van der Waals surface area contributed by atoms with E-state index >= 15 is 0 Å². The highest BCUT2D eigenvalue weighted by molar-refractivity contribution is 7.92. The molecule has 0 unspecified atom stereocenters. The van der Waals surface area contributed by atoms with E-state index in [-0.39, 0.29) is 35.2 Å². The number of sulfonamides is 2. The SMILES string of the molecule is CC[C@H](C(=O)NCCOc1ccc(S(=O)(=O)N(C)C)cc1)N(c1ccc(F)c(Cl)c1)S(C)(=O)=O. The van der Waals surface area contributed by atoms with E-state index in [2.05, 4.69) is 5.32 Å². The summed E-state index contributed by atoms with van der Waals surface area (Å²) in [6, 6.07) is 8.14. The maximum Gasteiger partial charge on any atom is 0.244 e. The summed E-state index contributed by atoms with van der Waals surface area (Å²) in [5.41, 5.74) is 0.0694. The van der Waals surface area contributed by atoms with E-state index in [1.807, 2.05) is 0 Å². The van der Waals surface area contributed by atoms with Crippen LogP contribution >= 0.6 is 11.6 Å². The fourth-order valence-electron chi connectivity index (χ4n) is 3.06. The zero-order chi connectivity index (χ0) is 25.7. The van der Waals surface area contributed by atoms with Gasteiger partial charge in [-0.1, -0.05) is 18.5 Å². The summed E-state index contributed by atoms with van der Waals surface area (Å²) in [5.74, 6) is -0.872. The third-order valence-electron chi connectivity index (χ3n) is 4.76. The number of hydrogen-bond donors (Lipinski definition) is 1. The molecule has 0 spiro atoms. The van der Waals surface area contributed by atoms with Gasteiger partial charge >= 0.3 is 0 Å². The molecular weight excluding hydrogens is 509 g/mol. The topological polar surface area (TPSA) is 113 Å². The van der Waals surface area contributed by atoms with Crippen molar-refractivity contribution in [1.82, 2.24) is 9.62 Å². The van der Waals surface area contributed by atoms with Crippen molar-refractivity contribution in [3.63, 3.8) is 0 Å². The van der Waals surface area contributed by atoms with E-state index in [1.54, 1.807) is 6.92 Å². The van der Waals surface area contributed by atoms with Crippen molar-refractivity contribution >= 4 is 43.2 Å². The van der Waals surface area contributed by atoms with Crippen molar-refractivity contribution in [2.24, 2.45) is 0 Å². The number of ether oxygens (including phenoxy) is 1. The molecule has 188 valence electrons. The van der Waals surface area contributed by atoms with Gasteiger partial charge < -0.3 is 10.1 Å². The largest absolute Gasteiger partial charge is 0.492 e. The molecule has 0 bridgehead atoms. The maximum absolute atomic E-state index is 13.5. The highest BCUT2D eigenvalue weighted by Crippen LogP contribution is 2.27. The molecule has 2 aromatic rings. The van der Waals surface area contributed by atoms with Gasteiger partial charge in [0.2, 0.25) is 26.0 Å². The summed E-state index contributed by atoms with van der Waals surface area (Å²) >= 11 is 5.80. The minimum atomic E-state index is -3.89. The molecule has 0 saturated heterocycles. The van der Waals surface area contributed by atoms with Gasteiger partial charge in [-0.05, 0) is 48.9 Å². The van der Waals surface area contributed by atoms with Crippen LogP contribution in [0.5, 0.6) is 5.75 Å². The van der Waals surface area contributed by atoms with Gasteiger partial charge in [0, 0.05) is 14.1 Å². The van der Waals surface area contributed by atoms with Gasteiger partial charge in [-0.15, -0.1) is 0 Å². The molecule has 0 aliphatic rings. The third-order valence-corrected chi connectivity index (χ3v) is 8.06. The average Bonchev–Trinajstić information content (AvgIpc) is 2.76. The molecule has 0 heterocycles. The van der Waals surface area contributed by atoms with E-state index in [0.29, 0.717) is 5.75 Å². The Morgan fingerprint density at radius 1 is 1.12 bits per heavy atom. The Morgan fingerprint density at radius 3 is 2.24 bits per heavy atom. The minimum Gasteiger partial charge on any atom is -0.492 e. The van der Waals surface area contributed by atoms with Crippen molar-refractivity contribution in [3.8, 4) is 5.75 Å². The normalized spacial score (nSPS) is 12.9. The van der Waals surface area contributed by atoms with Crippen LogP contribution in [0.25, 0.3) is 0 Å². The van der Waals surface area contributed by atoms with E-state index in [0.717, 1.165) is 27.0 Å². The molecule has 1 atom stereocenters. The Morgan fingerprint density at radius 2 is 1.74 bits per heavy atom. The lowest BCUT2D eigenvalue weighted by Gasteiger charge is -2.30. The van der Waals surface area contributed by atoms with Crippen LogP contribution in [-0.4, -0.2) is 66.6 Å². The molecule has 2 rings (SSSR count). The maximum atomic E-state index is 13.5. The molecule has 2 aromatic carbocycles. The lowest BCUT2D eigenvalue weighted by molar-refractivity contribution is -0.122. The van der Waals surface area contributed by atoms with Crippen LogP contribution in [0.15, 0.2) is 47.4 Å². The van der Waals surface area contributed by atoms with Crippen LogP contribution in [0.2, 0.25) is 5.02 Å². The molecule has 13 heteroatoms. The van der Waals surface area contributed by atoms with Crippen molar-refractivity contribution in [2.75, 3.05) is 37.8 Å². The number of carbonyl (C=O) groups is 1. The summed E-state index contributed by atoms with van der Waals surface area (Å²) < 4.78 is 70.1. The van der Waals surface area contributed by atoms with Crippen molar-refractivity contribution < 1.29 is 30.8 Å². The van der Waals surface area contributed by atoms with Gasteiger partial charge in [-0.25, -0.2) is 25.5 Å². The standard InChI is InChI=1S/C21H27ClFN3O6S2/c1-5-20(26(33(4,28)29)15-6-11-19(23)18(22)14-15)21(27)24-12-13-32-16-7-9-17(10-8-16)34(30,31)25(2)3/h6-11,14,20H,5,12-13H2,1-4H3,(H,24,27)/t20-/m1/s1. The first-order valence-corrected chi connectivity index (χ1v) is 13.8. The zero-order valence-corrected chi connectivity index (χ0v) is 21.5. The summed E-state index contributed by atoms with van der Waals surface area (Å²) in [7, 11) is -4.58. The number of carbonyl (C=O) groups excluding carboxylic acids is 1. The van der Waals surface area contributed by atoms with E-state index in [9.17, 15) is 26.0 Å². The average molecular weight is 536 g/mol. The Bertz CT molecular complexity index is 1220. The number of hydrogen-bond acceptors (Lipinski definition) is 6. The van der Waals surface area contributed by atoms with Crippen LogP contribution in [0, 0.1) is 5.82 Å². The molecule has 0 aliphatic carbocycles. The summed E-state index contributed by atoms with van der Waals surface area (Å²) in [6.45, 7) is 1.77. The highest BCUT2D eigenvalue weighted by atomic mass is 35.5. The number of anilines is 1. The van der Waals surface area contributed by atoms with Crippen LogP contribution in [0.1, 0.15) is 13.3 Å². The molecule has 0 fully saturated rings. The smallest absolute Gasteiger partial charge is 0.244 e. The Kier molecular flexibility index (Phi) is 9.29. The monoisotopic (exact) mass is 535 g/mol. The first-order valence-electron chi connectivity index (χ1n) is 10.2. The number of amides is 1. The van der Waals surface area contributed by atoms with Gasteiger partial charge in [-0.3, -0.25) is 9.10 Å². The molecule has 0 aromatic heterocycles. The van der Waals surface area contributed by atoms with Gasteiger partial charge in [0.1, 0.15) is 24.2 Å². The predicted octanol–water partition coefficient (Wildman–Crippen LogP) is 2.47. The fourth-order valence-corrected chi connectivity index (χ4v) is 5.34. The minimum absolute atomic E-state index is 0.0587. The third kappa shape index (κ3) is 6.81. The number of rotatable bonds is 11. The lowest BCUT2D eigenvalue weighted by atomic mass is 10.2.